The highest BCUT2D eigenvalue weighted by molar-refractivity contribution is 5.81. The molecule has 0 bridgehead atoms. The van der Waals surface area contributed by atoms with Crippen LogP contribution in [-0.2, 0) is 4.79 Å². The standard InChI is InChI=1S/C16H33N3O/c1-13(2)7-8-17-16(20)15(4)18-11-14(3)12-19-9-5-6-10-19/h13-15,18H,5-12H2,1-4H3,(H,17,20). The average molecular weight is 283 g/mol. The quantitative estimate of drug-likeness (QED) is 0.679. The summed E-state index contributed by atoms with van der Waals surface area (Å²) in [4.78, 5) is 14.4. The van der Waals surface area contributed by atoms with Gasteiger partial charge in [-0.05, 0) is 57.7 Å². The number of hydrogen-bond acceptors (Lipinski definition) is 3. The number of amides is 1. The molecule has 4 heteroatoms. The molecule has 2 N–H and O–H groups in total. The fourth-order valence-electron chi connectivity index (χ4n) is 2.58. The summed E-state index contributed by atoms with van der Waals surface area (Å²) in [5.41, 5.74) is 0. The molecule has 1 heterocycles. The molecule has 0 aromatic rings. The van der Waals surface area contributed by atoms with Crippen molar-refractivity contribution in [2.24, 2.45) is 11.8 Å². The van der Waals surface area contributed by atoms with Crippen molar-refractivity contribution < 1.29 is 4.79 Å². The molecule has 0 aromatic heterocycles. The first-order valence-electron chi connectivity index (χ1n) is 8.22. The molecule has 20 heavy (non-hydrogen) atoms. The van der Waals surface area contributed by atoms with Crippen LogP contribution < -0.4 is 10.6 Å². The number of nitrogens with zero attached hydrogens (tertiary/aromatic N) is 1. The van der Waals surface area contributed by atoms with E-state index in [2.05, 4.69) is 36.3 Å². The molecule has 0 radical (unpaired) electrons. The number of likely N-dealkylation sites (tertiary alicyclic amines) is 1. The highest BCUT2D eigenvalue weighted by Gasteiger charge is 2.16. The van der Waals surface area contributed by atoms with Gasteiger partial charge in [-0.2, -0.15) is 0 Å². The average Bonchev–Trinajstić information content (AvgIpc) is 2.88. The smallest absolute Gasteiger partial charge is 0.236 e. The third-order valence-corrected chi connectivity index (χ3v) is 3.96. The topological polar surface area (TPSA) is 44.4 Å². The summed E-state index contributed by atoms with van der Waals surface area (Å²) in [6.45, 7) is 13.9. The molecule has 1 fully saturated rings. The summed E-state index contributed by atoms with van der Waals surface area (Å²) in [5.74, 6) is 1.36. The fourth-order valence-corrected chi connectivity index (χ4v) is 2.58. The Balaban J connectivity index is 2.10. The number of rotatable bonds is 9. The lowest BCUT2D eigenvalue weighted by Gasteiger charge is -2.22. The van der Waals surface area contributed by atoms with Gasteiger partial charge in [0.2, 0.25) is 5.91 Å². The van der Waals surface area contributed by atoms with Gasteiger partial charge in [0.1, 0.15) is 0 Å². The lowest BCUT2D eigenvalue weighted by atomic mass is 10.1. The van der Waals surface area contributed by atoms with Crippen LogP contribution in [0.2, 0.25) is 0 Å². The minimum absolute atomic E-state index is 0.0943. The lowest BCUT2D eigenvalue weighted by Crippen LogP contribution is -2.45. The van der Waals surface area contributed by atoms with Gasteiger partial charge in [0.25, 0.3) is 0 Å². The van der Waals surface area contributed by atoms with Crippen LogP contribution >= 0.6 is 0 Å². The van der Waals surface area contributed by atoms with Crippen molar-refractivity contribution in [1.82, 2.24) is 15.5 Å². The molecule has 4 nitrogen and oxygen atoms in total. The molecule has 118 valence electrons. The van der Waals surface area contributed by atoms with Crippen LogP contribution in [0.25, 0.3) is 0 Å². The second-order valence-corrected chi connectivity index (χ2v) is 6.72. The molecule has 1 rings (SSSR count). The van der Waals surface area contributed by atoms with E-state index in [1.165, 1.54) is 25.9 Å². The first kappa shape index (κ1) is 17.4. The first-order valence-corrected chi connectivity index (χ1v) is 8.22. The summed E-state index contributed by atoms with van der Waals surface area (Å²) < 4.78 is 0. The summed E-state index contributed by atoms with van der Waals surface area (Å²) in [6, 6.07) is -0.0943. The molecule has 0 aliphatic carbocycles. The maximum atomic E-state index is 11.9. The number of carbonyl (C=O) groups excluding carboxylic acids is 1. The summed E-state index contributed by atoms with van der Waals surface area (Å²) in [7, 11) is 0. The van der Waals surface area contributed by atoms with E-state index in [0.29, 0.717) is 11.8 Å². The number of carbonyl (C=O) groups is 1. The monoisotopic (exact) mass is 283 g/mol. The molecule has 1 amide bonds. The van der Waals surface area contributed by atoms with E-state index >= 15 is 0 Å². The zero-order chi connectivity index (χ0) is 15.0. The van der Waals surface area contributed by atoms with Gasteiger partial charge in [-0.25, -0.2) is 0 Å². The van der Waals surface area contributed by atoms with Crippen LogP contribution in [0.4, 0.5) is 0 Å². The first-order chi connectivity index (χ1) is 9.49. The van der Waals surface area contributed by atoms with E-state index in [1.807, 2.05) is 6.92 Å². The largest absolute Gasteiger partial charge is 0.355 e. The van der Waals surface area contributed by atoms with Crippen molar-refractivity contribution in [3.05, 3.63) is 0 Å². The Morgan fingerprint density at radius 1 is 1.15 bits per heavy atom. The van der Waals surface area contributed by atoms with Gasteiger partial charge in [-0.15, -0.1) is 0 Å². The SMILES string of the molecule is CC(C)CCNC(=O)C(C)NCC(C)CN1CCCC1. The van der Waals surface area contributed by atoms with Gasteiger partial charge in [0, 0.05) is 13.1 Å². The molecule has 2 unspecified atom stereocenters. The zero-order valence-electron chi connectivity index (χ0n) is 13.7. The second kappa shape index (κ2) is 9.35. The summed E-state index contributed by atoms with van der Waals surface area (Å²) in [6.07, 6.45) is 3.73. The molecular formula is C16H33N3O. The van der Waals surface area contributed by atoms with Crippen LogP contribution in [-0.4, -0.2) is 49.6 Å². The predicted molar refractivity (Wildman–Crippen MR) is 84.8 cm³/mol. The third-order valence-electron chi connectivity index (χ3n) is 3.96. The minimum atomic E-state index is -0.0943. The molecule has 1 aliphatic rings. The Morgan fingerprint density at radius 3 is 2.40 bits per heavy atom. The van der Waals surface area contributed by atoms with Crippen molar-refractivity contribution in [2.75, 3.05) is 32.7 Å². The van der Waals surface area contributed by atoms with E-state index in [9.17, 15) is 4.79 Å². The van der Waals surface area contributed by atoms with Gasteiger partial charge in [-0.1, -0.05) is 20.8 Å². The molecule has 0 saturated carbocycles. The molecular weight excluding hydrogens is 250 g/mol. The van der Waals surface area contributed by atoms with Crippen LogP contribution in [0.1, 0.15) is 47.0 Å². The Hall–Kier alpha value is -0.610. The van der Waals surface area contributed by atoms with Crippen LogP contribution in [0.3, 0.4) is 0 Å². The van der Waals surface area contributed by atoms with E-state index in [4.69, 9.17) is 0 Å². The van der Waals surface area contributed by atoms with Gasteiger partial charge in [-0.3, -0.25) is 4.79 Å². The normalized spacial score (nSPS) is 19.2. The Bertz CT molecular complexity index is 275. The van der Waals surface area contributed by atoms with Gasteiger partial charge >= 0.3 is 0 Å². The highest BCUT2D eigenvalue weighted by atomic mass is 16.2. The van der Waals surface area contributed by atoms with E-state index < -0.39 is 0 Å². The van der Waals surface area contributed by atoms with Crippen LogP contribution in [0, 0.1) is 11.8 Å². The predicted octanol–water partition coefficient (Wildman–Crippen LogP) is 1.86. The Labute approximate surface area is 124 Å². The number of hydrogen-bond donors (Lipinski definition) is 2. The zero-order valence-corrected chi connectivity index (χ0v) is 13.7. The molecule has 2 atom stereocenters. The molecule has 0 aromatic carbocycles. The van der Waals surface area contributed by atoms with E-state index in [0.717, 1.165) is 26.1 Å². The van der Waals surface area contributed by atoms with Crippen LogP contribution in [0.5, 0.6) is 0 Å². The maximum Gasteiger partial charge on any atom is 0.236 e. The Morgan fingerprint density at radius 2 is 1.80 bits per heavy atom. The Kier molecular flexibility index (Phi) is 8.15. The maximum absolute atomic E-state index is 11.9. The van der Waals surface area contributed by atoms with E-state index in [1.54, 1.807) is 0 Å². The molecule has 1 saturated heterocycles. The highest BCUT2D eigenvalue weighted by Crippen LogP contribution is 2.09. The summed E-state index contributed by atoms with van der Waals surface area (Å²) in [5, 5.41) is 6.35. The van der Waals surface area contributed by atoms with Crippen LogP contribution in [0.15, 0.2) is 0 Å². The van der Waals surface area contributed by atoms with Crippen molar-refractivity contribution in [3.8, 4) is 0 Å². The lowest BCUT2D eigenvalue weighted by molar-refractivity contribution is -0.122. The number of nitrogens with one attached hydrogen (secondary N) is 2. The molecule has 0 spiro atoms. The van der Waals surface area contributed by atoms with Crippen molar-refractivity contribution in [2.45, 2.75) is 53.0 Å². The third kappa shape index (κ3) is 7.25. The van der Waals surface area contributed by atoms with Gasteiger partial charge in [0.05, 0.1) is 6.04 Å². The molecule has 1 aliphatic heterocycles. The van der Waals surface area contributed by atoms with Crippen molar-refractivity contribution in [3.63, 3.8) is 0 Å². The summed E-state index contributed by atoms with van der Waals surface area (Å²) >= 11 is 0. The van der Waals surface area contributed by atoms with Gasteiger partial charge in [0.15, 0.2) is 0 Å². The minimum Gasteiger partial charge on any atom is -0.355 e. The van der Waals surface area contributed by atoms with Crippen molar-refractivity contribution >= 4 is 5.91 Å². The fraction of sp³-hybridized carbons (Fsp3) is 0.938. The second-order valence-electron chi connectivity index (χ2n) is 6.72. The van der Waals surface area contributed by atoms with Gasteiger partial charge < -0.3 is 15.5 Å². The van der Waals surface area contributed by atoms with E-state index in [-0.39, 0.29) is 11.9 Å². The van der Waals surface area contributed by atoms with Crippen molar-refractivity contribution in [1.29, 1.82) is 0 Å².